The van der Waals surface area contributed by atoms with Crippen LogP contribution >= 0.6 is 0 Å². The van der Waals surface area contributed by atoms with Gasteiger partial charge in [0.2, 0.25) is 5.95 Å². The zero-order chi connectivity index (χ0) is 14.9. The summed E-state index contributed by atoms with van der Waals surface area (Å²) in [6, 6.07) is 6.03. The maximum absolute atomic E-state index is 6.22. The number of rotatable bonds is 4. The number of aromatic nitrogens is 2. The Bertz CT molecular complexity index is 630. The quantitative estimate of drug-likeness (QED) is 0.940. The molecule has 1 aliphatic heterocycles. The van der Waals surface area contributed by atoms with Gasteiger partial charge in [-0.1, -0.05) is 13.0 Å². The van der Waals surface area contributed by atoms with E-state index < -0.39 is 0 Å². The van der Waals surface area contributed by atoms with E-state index in [9.17, 15) is 0 Å². The van der Waals surface area contributed by atoms with Crippen LogP contribution in [0, 0.1) is 0 Å². The van der Waals surface area contributed by atoms with Crippen LogP contribution in [-0.4, -0.2) is 29.4 Å². The molecule has 1 aromatic carbocycles. The molecule has 0 atom stereocenters. The highest BCUT2D eigenvalue weighted by Crippen LogP contribution is 2.37. The van der Waals surface area contributed by atoms with Gasteiger partial charge in [-0.2, -0.15) is 0 Å². The van der Waals surface area contributed by atoms with E-state index in [4.69, 9.17) is 15.2 Å². The van der Waals surface area contributed by atoms with Crippen LogP contribution in [0.1, 0.15) is 33.1 Å². The molecule has 1 fully saturated rings. The van der Waals surface area contributed by atoms with Crippen molar-refractivity contribution in [3.8, 4) is 5.75 Å². The molecule has 0 saturated carbocycles. The predicted octanol–water partition coefficient (Wildman–Crippen LogP) is 2.93. The van der Waals surface area contributed by atoms with Crippen LogP contribution in [0.3, 0.4) is 0 Å². The molecule has 1 aromatic heterocycles. The predicted molar refractivity (Wildman–Crippen MR) is 83.6 cm³/mol. The number of anilines is 1. The van der Waals surface area contributed by atoms with Crippen molar-refractivity contribution < 1.29 is 9.47 Å². The fourth-order valence-electron chi connectivity index (χ4n) is 3.02. The van der Waals surface area contributed by atoms with Crippen molar-refractivity contribution in [2.45, 2.75) is 38.6 Å². The molecule has 0 radical (unpaired) electrons. The van der Waals surface area contributed by atoms with Crippen molar-refractivity contribution in [2.75, 3.05) is 25.6 Å². The largest absolute Gasteiger partial charge is 0.491 e. The van der Waals surface area contributed by atoms with E-state index in [-0.39, 0.29) is 5.54 Å². The van der Waals surface area contributed by atoms with E-state index >= 15 is 0 Å². The maximum Gasteiger partial charge on any atom is 0.201 e. The topological polar surface area (TPSA) is 62.3 Å². The smallest absolute Gasteiger partial charge is 0.201 e. The van der Waals surface area contributed by atoms with Crippen LogP contribution in [0.4, 0.5) is 5.95 Å². The lowest BCUT2D eigenvalue weighted by Crippen LogP contribution is -2.37. The summed E-state index contributed by atoms with van der Waals surface area (Å²) in [6.45, 7) is 6.54. The summed E-state index contributed by atoms with van der Waals surface area (Å²) in [6.07, 6.45) is 2.87. The number of fused-ring (bicyclic) bond motifs is 1. The third-order valence-corrected chi connectivity index (χ3v) is 4.25. The number of para-hydroxylation sites is 1. The van der Waals surface area contributed by atoms with Gasteiger partial charge in [-0.05, 0) is 38.3 Å². The maximum atomic E-state index is 6.22. The molecule has 3 rings (SSSR count). The molecular formula is C16H23N3O2. The Kier molecular flexibility index (Phi) is 3.76. The first-order chi connectivity index (χ1) is 10.2. The summed E-state index contributed by atoms with van der Waals surface area (Å²) >= 11 is 0. The lowest BCUT2D eigenvalue weighted by molar-refractivity contribution is 0.0320. The van der Waals surface area contributed by atoms with Gasteiger partial charge in [0.1, 0.15) is 11.3 Å². The lowest BCUT2D eigenvalue weighted by Gasteiger charge is -2.36. The van der Waals surface area contributed by atoms with Crippen molar-refractivity contribution in [3.63, 3.8) is 0 Å². The van der Waals surface area contributed by atoms with Crippen LogP contribution in [-0.2, 0) is 10.3 Å². The SMILES string of the molecule is CCCOc1cccc2c1nc(N)n2C1(C)CCOCC1. The number of nitrogens with two attached hydrogens (primary N) is 1. The summed E-state index contributed by atoms with van der Waals surface area (Å²) < 4.78 is 13.4. The summed E-state index contributed by atoms with van der Waals surface area (Å²) in [5, 5.41) is 0. The fourth-order valence-corrected chi connectivity index (χ4v) is 3.02. The van der Waals surface area contributed by atoms with Crippen LogP contribution in [0.2, 0.25) is 0 Å². The van der Waals surface area contributed by atoms with Gasteiger partial charge in [-0.15, -0.1) is 0 Å². The van der Waals surface area contributed by atoms with Gasteiger partial charge < -0.3 is 19.8 Å². The second-order valence-corrected chi connectivity index (χ2v) is 5.89. The molecule has 1 saturated heterocycles. The molecule has 0 spiro atoms. The summed E-state index contributed by atoms with van der Waals surface area (Å²) in [5.41, 5.74) is 8.09. The van der Waals surface area contributed by atoms with Crippen molar-refractivity contribution in [3.05, 3.63) is 18.2 Å². The van der Waals surface area contributed by atoms with Crippen molar-refractivity contribution in [1.82, 2.24) is 9.55 Å². The fraction of sp³-hybridized carbons (Fsp3) is 0.562. The Morgan fingerprint density at radius 3 is 2.86 bits per heavy atom. The number of imidazole rings is 1. The average molecular weight is 289 g/mol. The van der Waals surface area contributed by atoms with E-state index in [2.05, 4.69) is 29.5 Å². The Morgan fingerprint density at radius 2 is 2.14 bits per heavy atom. The minimum Gasteiger partial charge on any atom is -0.491 e. The second-order valence-electron chi connectivity index (χ2n) is 5.89. The number of benzene rings is 1. The molecule has 2 aromatic rings. The van der Waals surface area contributed by atoms with E-state index in [0.717, 1.165) is 49.3 Å². The Balaban J connectivity index is 2.09. The molecule has 0 amide bonds. The molecule has 0 bridgehead atoms. The molecule has 5 nitrogen and oxygen atoms in total. The molecule has 2 heterocycles. The number of hydrogen-bond donors (Lipinski definition) is 1. The standard InChI is InChI=1S/C16H23N3O2/c1-3-9-21-13-6-4-5-12-14(13)18-15(17)19(12)16(2)7-10-20-11-8-16/h4-6H,3,7-11H2,1-2H3,(H2,17,18). The summed E-state index contributed by atoms with van der Waals surface area (Å²) in [7, 11) is 0. The van der Waals surface area contributed by atoms with Gasteiger partial charge in [0.05, 0.1) is 12.1 Å². The minimum atomic E-state index is -0.0412. The number of ether oxygens (including phenoxy) is 2. The molecule has 0 aliphatic carbocycles. The molecule has 1 aliphatic rings. The van der Waals surface area contributed by atoms with Crippen molar-refractivity contribution in [1.29, 1.82) is 0 Å². The van der Waals surface area contributed by atoms with E-state index in [1.165, 1.54) is 0 Å². The molecule has 21 heavy (non-hydrogen) atoms. The van der Waals surface area contributed by atoms with E-state index in [0.29, 0.717) is 12.6 Å². The molecular weight excluding hydrogens is 266 g/mol. The zero-order valence-electron chi connectivity index (χ0n) is 12.8. The minimum absolute atomic E-state index is 0.0412. The van der Waals surface area contributed by atoms with Gasteiger partial charge in [-0.25, -0.2) is 4.98 Å². The highest BCUT2D eigenvalue weighted by Gasteiger charge is 2.32. The normalized spacial score (nSPS) is 18.0. The third kappa shape index (κ3) is 2.46. The van der Waals surface area contributed by atoms with Gasteiger partial charge >= 0.3 is 0 Å². The summed E-state index contributed by atoms with van der Waals surface area (Å²) in [5.74, 6) is 1.37. The number of nitrogen functional groups attached to an aromatic ring is 1. The van der Waals surface area contributed by atoms with E-state index in [1.54, 1.807) is 0 Å². The Morgan fingerprint density at radius 1 is 1.38 bits per heavy atom. The molecule has 2 N–H and O–H groups in total. The van der Waals surface area contributed by atoms with E-state index in [1.807, 2.05) is 12.1 Å². The highest BCUT2D eigenvalue weighted by molar-refractivity contribution is 5.84. The van der Waals surface area contributed by atoms with Crippen molar-refractivity contribution >= 4 is 17.0 Å². The van der Waals surface area contributed by atoms with Crippen LogP contribution in [0.15, 0.2) is 18.2 Å². The third-order valence-electron chi connectivity index (χ3n) is 4.25. The average Bonchev–Trinajstić information content (AvgIpc) is 2.83. The highest BCUT2D eigenvalue weighted by atomic mass is 16.5. The van der Waals surface area contributed by atoms with Gasteiger partial charge in [0.25, 0.3) is 0 Å². The monoisotopic (exact) mass is 289 g/mol. The first-order valence-corrected chi connectivity index (χ1v) is 7.64. The van der Waals surface area contributed by atoms with Crippen LogP contribution in [0.25, 0.3) is 11.0 Å². The van der Waals surface area contributed by atoms with Crippen LogP contribution < -0.4 is 10.5 Å². The van der Waals surface area contributed by atoms with Gasteiger partial charge in [0.15, 0.2) is 0 Å². The lowest BCUT2D eigenvalue weighted by atomic mass is 9.92. The van der Waals surface area contributed by atoms with Crippen LogP contribution in [0.5, 0.6) is 5.75 Å². The van der Waals surface area contributed by atoms with Gasteiger partial charge in [-0.3, -0.25) is 0 Å². The first-order valence-electron chi connectivity index (χ1n) is 7.64. The second kappa shape index (κ2) is 5.56. The van der Waals surface area contributed by atoms with Crippen molar-refractivity contribution in [2.24, 2.45) is 0 Å². The Labute approximate surface area is 125 Å². The molecule has 0 unspecified atom stereocenters. The molecule has 5 heteroatoms. The first kappa shape index (κ1) is 14.2. The zero-order valence-corrected chi connectivity index (χ0v) is 12.8. The summed E-state index contributed by atoms with van der Waals surface area (Å²) in [4.78, 5) is 4.56. The molecule has 114 valence electrons. The number of nitrogens with zero attached hydrogens (tertiary/aromatic N) is 2. The number of hydrogen-bond acceptors (Lipinski definition) is 4. The van der Waals surface area contributed by atoms with Gasteiger partial charge in [0, 0.05) is 18.8 Å². The Hall–Kier alpha value is -1.75.